The maximum atomic E-state index is 13.1. The zero-order valence-corrected chi connectivity index (χ0v) is 20.0. The Kier molecular flexibility index (Phi) is 6.15. The maximum Gasteiger partial charge on any atom is 0.283 e. The molecule has 3 N–H and O–H groups in total. The normalized spacial score (nSPS) is 12.1. The highest BCUT2D eigenvalue weighted by molar-refractivity contribution is 7.90. The third-order valence-corrected chi connectivity index (χ3v) is 6.41. The Morgan fingerprint density at radius 1 is 1.12 bits per heavy atom. The average molecular weight is 458 g/mol. The van der Waals surface area contributed by atoms with E-state index >= 15 is 0 Å². The molecule has 0 radical (unpaired) electrons. The highest BCUT2D eigenvalue weighted by Crippen LogP contribution is 2.24. The van der Waals surface area contributed by atoms with Gasteiger partial charge in [0.25, 0.3) is 15.9 Å². The van der Waals surface area contributed by atoms with Crippen LogP contribution in [0.4, 0.5) is 5.82 Å². The molecule has 0 unspecified atom stereocenters. The molecule has 1 aromatic carbocycles. The minimum atomic E-state index is -4.20. The summed E-state index contributed by atoms with van der Waals surface area (Å²) in [5.74, 6) is -0.731. The number of nitrogens with two attached hydrogens (primary N) is 1. The number of carbonyl (C=O) groups excluding carboxylic acids is 1. The lowest BCUT2D eigenvalue weighted by atomic mass is 9.92. The molecule has 32 heavy (non-hydrogen) atoms. The number of benzene rings is 1. The molecule has 0 bridgehead atoms. The number of sulfonamides is 1. The van der Waals surface area contributed by atoms with Crippen LogP contribution in [0, 0.1) is 20.8 Å². The first-order valence-electron chi connectivity index (χ1n) is 10.2. The predicted octanol–water partition coefficient (Wildman–Crippen LogP) is 3.50. The molecule has 2 heterocycles. The number of pyridine rings is 1. The fraction of sp³-hybridized carbons (Fsp3) is 0.348. The van der Waals surface area contributed by atoms with E-state index in [-0.39, 0.29) is 23.4 Å². The summed E-state index contributed by atoms with van der Waals surface area (Å²) >= 11 is 0. The van der Waals surface area contributed by atoms with E-state index in [0.717, 1.165) is 22.3 Å². The third kappa shape index (κ3) is 4.99. The first kappa shape index (κ1) is 23.5. The number of hydrogen-bond donors (Lipinski definition) is 2. The van der Waals surface area contributed by atoms with Gasteiger partial charge in [-0.05, 0) is 55.7 Å². The lowest BCUT2D eigenvalue weighted by molar-refractivity contribution is 0.0971. The zero-order valence-electron chi connectivity index (χ0n) is 19.2. The first-order valence-corrected chi connectivity index (χ1v) is 11.7. The number of aryl methyl sites for hydroxylation is 3. The van der Waals surface area contributed by atoms with E-state index < -0.39 is 15.9 Å². The Hall–Kier alpha value is -3.20. The Bertz CT molecular complexity index is 1270. The topological polar surface area (TPSA) is 120 Å². The molecule has 1 amide bonds. The lowest BCUT2D eigenvalue weighted by Gasteiger charge is -2.15. The summed E-state index contributed by atoms with van der Waals surface area (Å²) in [6.07, 6.45) is 0. The number of carbonyl (C=O) groups is 1. The maximum absolute atomic E-state index is 13.1. The molecule has 9 heteroatoms. The standard InChI is InChI=1S/C23H29N5O3S.H2/c1-14-10-15(2)17(16(3)11-14)13-28-18(12-19(26-28)23(4,5)6)22(29)27-32(30,31)21-9-7-8-20(24)25-21;/h7-12H,13H2,1-6H3,(H2,24,25)(H,27,29);1H. The number of nitrogen functional groups attached to an aromatic ring is 1. The molecule has 0 atom stereocenters. The number of aromatic nitrogens is 3. The van der Waals surface area contributed by atoms with Crippen molar-refractivity contribution in [1.82, 2.24) is 19.5 Å². The number of rotatable bonds is 5. The van der Waals surface area contributed by atoms with E-state index in [4.69, 9.17) is 5.73 Å². The van der Waals surface area contributed by atoms with Crippen LogP contribution >= 0.6 is 0 Å². The zero-order chi connectivity index (χ0) is 23.8. The van der Waals surface area contributed by atoms with Crippen molar-refractivity contribution in [2.45, 2.75) is 58.5 Å². The molecule has 0 aliphatic rings. The number of anilines is 1. The van der Waals surface area contributed by atoms with Gasteiger partial charge < -0.3 is 5.73 Å². The highest BCUT2D eigenvalue weighted by Gasteiger charge is 2.27. The van der Waals surface area contributed by atoms with Crippen LogP contribution in [0.25, 0.3) is 0 Å². The van der Waals surface area contributed by atoms with Crippen LogP contribution < -0.4 is 10.5 Å². The number of nitrogens with one attached hydrogen (secondary N) is 1. The van der Waals surface area contributed by atoms with E-state index in [0.29, 0.717) is 12.2 Å². The van der Waals surface area contributed by atoms with Gasteiger partial charge in [-0.2, -0.15) is 13.5 Å². The monoisotopic (exact) mass is 457 g/mol. The van der Waals surface area contributed by atoms with Gasteiger partial charge in [-0.15, -0.1) is 0 Å². The van der Waals surface area contributed by atoms with Gasteiger partial charge in [-0.3, -0.25) is 9.48 Å². The molecule has 3 rings (SSSR count). The van der Waals surface area contributed by atoms with Gasteiger partial charge in [0.05, 0.1) is 12.2 Å². The number of amides is 1. The van der Waals surface area contributed by atoms with Gasteiger partial charge in [0.1, 0.15) is 11.5 Å². The summed E-state index contributed by atoms with van der Waals surface area (Å²) in [6, 6.07) is 10.0. The number of nitrogens with zero attached hydrogens (tertiary/aromatic N) is 3. The van der Waals surface area contributed by atoms with Crippen molar-refractivity contribution in [3.63, 3.8) is 0 Å². The summed E-state index contributed by atoms with van der Waals surface area (Å²) in [5, 5.41) is 4.32. The van der Waals surface area contributed by atoms with Crippen LogP contribution in [-0.4, -0.2) is 29.1 Å². The lowest BCUT2D eigenvalue weighted by Crippen LogP contribution is -2.33. The quantitative estimate of drug-likeness (QED) is 0.605. The van der Waals surface area contributed by atoms with Crippen molar-refractivity contribution >= 4 is 21.7 Å². The number of hydrogen-bond acceptors (Lipinski definition) is 6. The first-order chi connectivity index (χ1) is 14.8. The minimum Gasteiger partial charge on any atom is -0.384 e. The largest absolute Gasteiger partial charge is 0.384 e. The second-order valence-corrected chi connectivity index (χ2v) is 10.7. The van der Waals surface area contributed by atoms with Crippen molar-refractivity contribution in [2.75, 3.05) is 5.73 Å². The molecule has 0 fully saturated rings. The van der Waals surface area contributed by atoms with E-state index in [1.54, 1.807) is 10.7 Å². The highest BCUT2D eigenvalue weighted by atomic mass is 32.2. The van der Waals surface area contributed by atoms with Crippen molar-refractivity contribution < 1.29 is 14.6 Å². The van der Waals surface area contributed by atoms with E-state index in [1.807, 2.05) is 41.5 Å². The molecule has 0 aliphatic carbocycles. The molecular weight excluding hydrogens is 426 g/mol. The fourth-order valence-corrected chi connectivity index (χ4v) is 4.44. The Morgan fingerprint density at radius 2 is 1.75 bits per heavy atom. The molecule has 3 aromatic rings. The molecule has 0 aliphatic heterocycles. The van der Waals surface area contributed by atoms with Crippen molar-refractivity contribution in [2.24, 2.45) is 0 Å². The summed E-state index contributed by atoms with van der Waals surface area (Å²) in [5.41, 5.74) is 10.5. The SMILES string of the molecule is Cc1cc(C)c(Cn2nc(C(C)(C)C)cc2C(=O)NS(=O)(=O)c2cccc(N)n2)c(C)c1.[HH]. The van der Waals surface area contributed by atoms with Crippen molar-refractivity contribution in [1.29, 1.82) is 0 Å². The van der Waals surface area contributed by atoms with Crippen LogP contribution in [-0.2, 0) is 22.0 Å². The van der Waals surface area contributed by atoms with Gasteiger partial charge in [0.15, 0.2) is 5.03 Å². The summed E-state index contributed by atoms with van der Waals surface area (Å²) in [7, 11) is -4.20. The van der Waals surface area contributed by atoms with Gasteiger partial charge >= 0.3 is 0 Å². The Labute approximate surface area is 190 Å². The minimum absolute atomic E-state index is 0. The van der Waals surface area contributed by atoms with Crippen LogP contribution in [0.1, 0.15) is 60.6 Å². The summed E-state index contributed by atoms with van der Waals surface area (Å²) < 4.78 is 29.1. The molecule has 2 aromatic heterocycles. The molecule has 0 saturated carbocycles. The van der Waals surface area contributed by atoms with Crippen LogP contribution in [0.15, 0.2) is 41.4 Å². The average Bonchev–Trinajstić information content (AvgIpc) is 3.09. The smallest absolute Gasteiger partial charge is 0.283 e. The van der Waals surface area contributed by atoms with E-state index in [2.05, 4.69) is 26.9 Å². The van der Waals surface area contributed by atoms with Crippen molar-refractivity contribution in [3.8, 4) is 0 Å². The van der Waals surface area contributed by atoms with Crippen molar-refractivity contribution in [3.05, 3.63) is 70.0 Å². The van der Waals surface area contributed by atoms with Gasteiger partial charge in [-0.25, -0.2) is 9.71 Å². The molecule has 0 saturated heterocycles. The predicted molar refractivity (Wildman–Crippen MR) is 126 cm³/mol. The molecule has 8 nitrogen and oxygen atoms in total. The molecular formula is C23H31N5O3S. The van der Waals surface area contributed by atoms with Crippen LogP contribution in [0.5, 0.6) is 0 Å². The fourth-order valence-electron chi connectivity index (χ4n) is 3.50. The van der Waals surface area contributed by atoms with Gasteiger partial charge in [0.2, 0.25) is 0 Å². The van der Waals surface area contributed by atoms with E-state index in [9.17, 15) is 13.2 Å². The Morgan fingerprint density at radius 3 is 2.31 bits per heavy atom. The second kappa shape index (κ2) is 8.38. The molecule has 172 valence electrons. The summed E-state index contributed by atoms with van der Waals surface area (Å²) in [6.45, 7) is 12.3. The second-order valence-electron chi connectivity index (χ2n) is 9.04. The third-order valence-electron chi connectivity index (χ3n) is 5.18. The van der Waals surface area contributed by atoms with Crippen LogP contribution in [0.2, 0.25) is 0 Å². The summed E-state index contributed by atoms with van der Waals surface area (Å²) in [4.78, 5) is 16.9. The Balaban J connectivity index is 0.00000385. The van der Waals surface area contributed by atoms with Gasteiger partial charge in [-0.1, -0.05) is 44.5 Å². The van der Waals surface area contributed by atoms with E-state index in [1.165, 1.54) is 18.2 Å². The molecule has 0 spiro atoms. The van der Waals surface area contributed by atoms with Gasteiger partial charge in [0, 0.05) is 6.84 Å². The van der Waals surface area contributed by atoms with Crippen LogP contribution in [0.3, 0.4) is 0 Å².